The summed E-state index contributed by atoms with van der Waals surface area (Å²) in [5.74, 6) is -0.00342. The van der Waals surface area contributed by atoms with Crippen LogP contribution in [0.1, 0.15) is 26.7 Å². The molecule has 2 fully saturated rings. The Kier molecular flexibility index (Phi) is 3.85. The second kappa shape index (κ2) is 5.11. The Morgan fingerprint density at radius 3 is 2.32 bits per heavy atom. The third-order valence-corrected chi connectivity index (χ3v) is 5.21. The molecule has 2 aliphatic heterocycles. The second-order valence-corrected chi connectivity index (χ2v) is 6.45. The average Bonchev–Trinajstić information content (AvgIpc) is 2.63. The number of likely N-dealkylation sites (tertiary alicyclic amines) is 1. The van der Waals surface area contributed by atoms with E-state index in [0.717, 1.165) is 0 Å². The second-order valence-electron chi connectivity index (χ2n) is 5.46. The summed E-state index contributed by atoms with van der Waals surface area (Å²) in [5, 5.41) is 4.94. The Morgan fingerprint density at radius 1 is 1.32 bits per heavy atom. The van der Waals surface area contributed by atoms with Crippen LogP contribution in [-0.2, 0) is 9.59 Å². The molecule has 1 atom stereocenters. The first-order valence-corrected chi connectivity index (χ1v) is 7.34. The molecule has 0 bridgehead atoms. The van der Waals surface area contributed by atoms with Crippen LogP contribution in [0.25, 0.3) is 0 Å². The van der Waals surface area contributed by atoms with Crippen LogP contribution in [0.15, 0.2) is 0 Å². The third-order valence-electron chi connectivity index (χ3n) is 3.76. The molecule has 0 aromatic rings. The number of carbonyl (C=O) groups excluding carboxylic acids is 3. The average molecular weight is 332 g/mol. The van der Waals surface area contributed by atoms with Crippen molar-refractivity contribution in [3.8, 4) is 0 Å². The zero-order valence-corrected chi connectivity index (χ0v) is 12.6. The molecule has 0 aromatic heterocycles. The fourth-order valence-corrected chi connectivity index (χ4v) is 2.74. The van der Waals surface area contributed by atoms with Gasteiger partial charge in [0.05, 0.1) is 4.83 Å². The standard InChI is InChI=1S/C12H18BrN3O3/c1-7(2)8(13)9(17)16-5-3-12(4-6-16)10(18)14-11(19)15-12/h7-8H,3-6H2,1-2H3,(H2,14,15,18,19). The van der Waals surface area contributed by atoms with E-state index in [1.807, 2.05) is 13.8 Å². The number of hydrogen-bond donors (Lipinski definition) is 2. The van der Waals surface area contributed by atoms with Crippen LogP contribution in [0, 0.1) is 5.92 Å². The smallest absolute Gasteiger partial charge is 0.322 e. The number of nitrogens with one attached hydrogen (secondary N) is 2. The largest absolute Gasteiger partial charge is 0.342 e. The maximum absolute atomic E-state index is 12.2. The van der Waals surface area contributed by atoms with Gasteiger partial charge >= 0.3 is 6.03 Å². The van der Waals surface area contributed by atoms with Gasteiger partial charge in [-0.1, -0.05) is 29.8 Å². The summed E-state index contributed by atoms with van der Waals surface area (Å²) < 4.78 is 0. The fourth-order valence-electron chi connectivity index (χ4n) is 2.45. The Morgan fingerprint density at radius 2 is 1.89 bits per heavy atom. The lowest BCUT2D eigenvalue weighted by Gasteiger charge is -2.38. The number of alkyl halides is 1. The molecule has 1 unspecified atom stereocenters. The van der Waals surface area contributed by atoms with Gasteiger partial charge in [0.1, 0.15) is 5.54 Å². The van der Waals surface area contributed by atoms with Crippen LogP contribution in [0.4, 0.5) is 4.79 Å². The van der Waals surface area contributed by atoms with Gasteiger partial charge < -0.3 is 10.2 Å². The van der Waals surface area contributed by atoms with Crippen LogP contribution >= 0.6 is 15.9 Å². The molecule has 7 heteroatoms. The molecule has 0 saturated carbocycles. The molecular weight excluding hydrogens is 314 g/mol. The minimum absolute atomic E-state index is 0.0505. The van der Waals surface area contributed by atoms with E-state index >= 15 is 0 Å². The highest BCUT2D eigenvalue weighted by atomic mass is 79.9. The van der Waals surface area contributed by atoms with E-state index in [2.05, 4.69) is 26.6 Å². The molecule has 0 aliphatic carbocycles. The molecule has 4 amide bonds. The normalized spacial score (nSPS) is 23.5. The van der Waals surface area contributed by atoms with Crippen LogP contribution < -0.4 is 10.6 Å². The number of rotatable bonds is 2. The number of hydrogen-bond acceptors (Lipinski definition) is 3. The highest BCUT2D eigenvalue weighted by molar-refractivity contribution is 9.10. The molecular formula is C12H18BrN3O3. The SMILES string of the molecule is CC(C)C(Br)C(=O)N1CCC2(CC1)NC(=O)NC2=O. The topological polar surface area (TPSA) is 78.5 Å². The van der Waals surface area contributed by atoms with E-state index < -0.39 is 11.6 Å². The molecule has 2 rings (SSSR count). The number of urea groups is 1. The maximum atomic E-state index is 12.2. The Labute approximate surface area is 120 Å². The highest BCUT2D eigenvalue weighted by Crippen LogP contribution is 2.27. The van der Waals surface area contributed by atoms with E-state index in [1.54, 1.807) is 4.90 Å². The van der Waals surface area contributed by atoms with Crippen molar-refractivity contribution in [2.75, 3.05) is 13.1 Å². The number of piperidine rings is 1. The van der Waals surface area contributed by atoms with Gasteiger partial charge in [-0.15, -0.1) is 0 Å². The van der Waals surface area contributed by atoms with E-state index in [9.17, 15) is 14.4 Å². The molecule has 2 aliphatic rings. The number of carbonyl (C=O) groups is 3. The van der Waals surface area contributed by atoms with E-state index in [-0.39, 0.29) is 22.6 Å². The highest BCUT2D eigenvalue weighted by Gasteiger charge is 2.48. The van der Waals surface area contributed by atoms with Gasteiger partial charge in [0.15, 0.2) is 0 Å². The Bertz CT molecular complexity index is 416. The lowest BCUT2D eigenvalue weighted by molar-refractivity contribution is -0.135. The van der Waals surface area contributed by atoms with Crippen LogP contribution in [0.2, 0.25) is 0 Å². The molecule has 0 aromatic carbocycles. The molecule has 6 nitrogen and oxygen atoms in total. The summed E-state index contributed by atoms with van der Waals surface area (Å²) in [4.78, 5) is 36.7. The first kappa shape index (κ1) is 14.3. The molecule has 2 N–H and O–H groups in total. The van der Waals surface area contributed by atoms with Crippen LogP contribution in [0.3, 0.4) is 0 Å². The maximum Gasteiger partial charge on any atom is 0.322 e. The van der Waals surface area contributed by atoms with Gasteiger partial charge in [0, 0.05) is 13.1 Å². The summed E-state index contributed by atoms with van der Waals surface area (Å²) >= 11 is 3.40. The minimum Gasteiger partial charge on any atom is -0.342 e. The van der Waals surface area contributed by atoms with Gasteiger partial charge in [0.2, 0.25) is 5.91 Å². The number of nitrogens with zero attached hydrogens (tertiary/aromatic N) is 1. The van der Waals surface area contributed by atoms with Crippen molar-refractivity contribution in [1.82, 2.24) is 15.5 Å². The van der Waals surface area contributed by atoms with Crippen molar-refractivity contribution >= 4 is 33.8 Å². The zero-order valence-electron chi connectivity index (χ0n) is 11.0. The predicted octanol–water partition coefficient (Wildman–Crippen LogP) is 0.607. The minimum atomic E-state index is -0.812. The molecule has 106 valence electrons. The molecule has 2 heterocycles. The lowest BCUT2D eigenvalue weighted by atomic mass is 9.87. The first-order valence-electron chi connectivity index (χ1n) is 6.42. The van der Waals surface area contributed by atoms with Gasteiger partial charge in [-0.2, -0.15) is 0 Å². The molecule has 19 heavy (non-hydrogen) atoms. The third kappa shape index (κ3) is 2.61. The van der Waals surface area contributed by atoms with E-state index in [0.29, 0.717) is 25.9 Å². The quantitative estimate of drug-likeness (QED) is 0.574. The van der Waals surface area contributed by atoms with Crippen molar-refractivity contribution in [2.45, 2.75) is 37.1 Å². The number of halogens is 1. The Hall–Kier alpha value is -1.11. The summed E-state index contributed by atoms with van der Waals surface area (Å²) in [6.07, 6.45) is 0.933. The van der Waals surface area contributed by atoms with Crippen LogP contribution in [-0.4, -0.2) is 46.2 Å². The molecule has 1 spiro atoms. The number of imide groups is 1. The fraction of sp³-hybridized carbons (Fsp3) is 0.750. The number of amides is 4. The van der Waals surface area contributed by atoms with Gasteiger partial charge in [-0.3, -0.25) is 14.9 Å². The molecule has 2 saturated heterocycles. The zero-order chi connectivity index (χ0) is 14.2. The van der Waals surface area contributed by atoms with Crippen molar-refractivity contribution < 1.29 is 14.4 Å². The summed E-state index contributed by atoms with van der Waals surface area (Å²) in [5.41, 5.74) is -0.812. The van der Waals surface area contributed by atoms with Gasteiger partial charge in [-0.05, 0) is 18.8 Å². The van der Waals surface area contributed by atoms with Crippen LogP contribution in [0.5, 0.6) is 0 Å². The van der Waals surface area contributed by atoms with Gasteiger partial charge in [0.25, 0.3) is 5.91 Å². The monoisotopic (exact) mass is 331 g/mol. The van der Waals surface area contributed by atoms with E-state index in [4.69, 9.17) is 0 Å². The Balaban J connectivity index is 1.98. The molecule has 0 radical (unpaired) electrons. The summed E-state index contributed by atoms with van der Waals surface area (Å²) in [7, 11) is 0. The van der Waals surface area contributed by atoms with Gasteiger partial charge in [-0.25, -0.2) is 4.79 Å². The van der Waals surface area contributed by atoms with Crippen molar-refractivity contribution in [2.24, 2.45) is 5.92 Å². The lowest BCUT2D eigenvalue weighted by Crippen LogP contribution is -2.56. The van der Waals surface area contributed by atoms with Crippen molar-refractivity contribution in [3.63, 3.8) is 0 Å². The predicted molar refractivity (Wildman–Crippen MR) is 72.8 cm³/mol. The van der Waals surface area contributed by atoms with Crippen molar-refractivity contribution in [3.05, 3.63) is 0 Å². The van der Waals surface area contributed by atoms with E-state index in [1.165, 1.54) is 0 Å². The first-order chi connectivity index (χ1) is 8.85. The van der Waals surface area contributed by atoms with Crippen molar-refractivity contribution in [1.29, 1.82) is 0 Å². The summed E-state index contributed by atoms with van der Waals surface area (Å²) in [6.45, 7) is 4.93. The summed E-state index contributed by atoms with van der Waals surface area (Å²) in [6, 6.07) is -0.440.